The molecule has 0 heterocycles. The van der Waals surface area contributed by atoms with E-state index in [-0.39, 0.29) is 0 Å². The average molecular weight is 507 g/mol. The third-order valence-corrected chi connectivity index (χ3v) is 4.86. The van der Waals surface area contributed by atoms with Gasteiger partial charge in [-0.1, -0.05) is 41.9 Å². The van der Waals surface area contributed by atoms with Gasteiger partial charge in [-0.3, -0.25) is 5.43 Å². The van der Waals surface area contributed by atoms with Crippen LogP contribution in [0.25, 0.3) is 0 Å². The zero-order valence-corrected chi connectivity index (χ0v) is 18.3. The summed E-state index contributed by atoms with van der Waals surface area (Å²) in [7, 11) is 0. The van der Waals surface area contributed by atoms with E-state index in [1.165, 1.54) is 0 Å². The van der Waals surface area contributed by atoms with Crippen molar-refractivity contribution in [3.63, 3.8) is 0 Å². The lowest BCUT2D eigenvalue weighted by atomic mass is 10.2. The van der Waals surface area contributed by atoms with Crippen molar-refractivity contribution in [1.29, 1.82) is 0 Å². The van der Waals surface area contributed by atoms with Crippen LogP contribution in [0.5, 0.6) is 11.5 Å². The molecule has 0 amide bonds. The largest absolute Gasteiger partial charge is 0.490 e. The number of ether oxygens (including phenoxy) is 2. The lowest BCUT2D eigenvalue weighted by Crippen LogP contribution is -2.02. The maximum atomic E-state index is 6.04. The van der Waals surface area contributed by atoms with Crippen LogP contribution in [0.3, 0.4) is 0 Å². The fourth-order valence-corrected chi connectivity index (χ4v) is 3.40. The number of nitrogens with one attached hydrogen (secondary N) is 1. The molecular formula is C22H20ClIN2O2. The van der Waals surface area contributed by atoms with Crippen molar-refractivity contribution in [2.45, 2.75) is 13.5 Å². The van der Waals surface area contributed by atoms with Gasteiger partial charge in [0.25, 0.3) is 0 Å². The van der Waals surface area contributed by atoms with E-state index >= 15 is 0 Å². The van der Waals surface area contributed by atoms with Gasteiger partial charge in [-0.05, 0) is 77.0 Å². The lowest BCUT2D eigenvalue weighted by Gasteiger charge is -2.15. The van der Waals surface area contributed by atoms with Crippen LogP contribution in [0.4, 0.5) is 5.69 Å². The molecule has 0 saturated carbocycles. The van der Waals surface area contributed by atoms with Crippen molar-refractivity contribution in [2.75, 3.05) is 12.0 Å². The summed E-state index contributed by atoms with van der Waals surface area (Å²) in [5.74, 6) is 1.43. The summed E-state index contributed by atoms with van der Waals surface area (Å²) in [6.45, 7) is 2.94. The minimum absolute atomic E-state index is 0.441. The number of hydrazone groups is 1. The second-order valence-electron chi connectivity index (χ2n) is 5.91. The number of benzene rings is 3. The van der Waals surface area contributed by atoms with Crippen LogP contribution in [0, 0.1) is 3.57 Å². The standard InChI is InChI=1S/C22H20ClIN2O2/c1-2-27-21-13-17(14-25-26-19-6-4-3-5-7-19)12-20(24)22(21)28-15-16-8-10-18(23)11-9-16/h3-14,26H,2,15H2,1H3/b25-14-. The molecule has 0 radical (unpaired) electrons. The molecule has 0 aliphatic heterocycles. The van der Waals surface area contributed by atoms with Gasteiger partial charge in [-0.15, -0.1) is 0 Å². The number of hydrogen-bond donors (Lipinski definition) is 1. The van der Waals surface area contributed by atoms with Crippen molar-refractivity contribution < 1.29 is 9.47 Å². The molecule has 0 aromatic heterocycles. The number of halogens is 2. The summed E-state index contributed by atoms with van der Waals surface area (Å²) < 4.78 is 12.8. The predicted octanol–water partition coefficient (Wildman–Crippen LogP) is 6.37. The molecule has 0 aliphatic rings. The number of hydrogen-bond acceptors (Lipinski definition) is 4. The van der Waals surface area contributed by atoms with Crippen LogP contribution in [-0.2, 0) is 6.61 Å². The number of para-hydroxylation sites is 1. The highest BCUT2D eigenvalue weighted by molar-refractivity contribution is 14.1. The summed E-state index contributed by atoms with van der Waals surface area (Å²) in [5.41, 5.74) is 5.91. The first-order valence-electron chi connectivity index (χ1n) is 8.83. The quantitative estimate of drug-likeness (QED) is 0.219. The van der Waals surface area contributed by atoms with Gasteiger partial charge in [-0.25, -0.2) is 0 Å². The smallest absolute Gasteiger partial charge is 0.175 e. The molecule has 28 heavy (non-hydrogen) atoms. The number of rotatable bonds is 8. The number of anilines is 1. The number of nitrogens with zero attached hydrogens (tertiary/aromatic N) is 1. The highest BCUT2D eigenvalue weighted by Crippen LogP contribution is 2.34. The minimum atomic E-state index is 0.441. The Kier molecular flexibility index (Phi) is 7.56. The molecule has 0 atom stereocenters. The van der Waals surface area contributed by atoms with Gasteiger partial charge >= 0.3 is 0 Å². The van der Waals surface area contributed by atoms with Gasteiger partial charge in [0.1, 0.15) is 6.61 Å². The summed E-state index contributed by atoms with van der Waals surface area (Å²) in [6, 6.07) is 21.4. The van der Waals surface area contributed by atoms with E-state index in [0.29, 0.717) is 24.0 Å². The SMILES string of the molecule is CCOc1cc(/C=N\Nc2ccccc2)cc(I)c1OCc1ccc(Cl)cc1. The van der Waals surface area contributed by atoms with Crippen molar-refractivity contribution >= 4 is 46.1 Å². The van der Waals surface area contributed by atoms with E-state index in [9.17, 15) is 0 Å². The fourth-order valence-electron chi connectivity index (χ4n) is 2.50. The minimum Gasteiger partial charge on any atom is -0.490 e. The van der Waals surface area contributed by atoms with E-state index in [2.05, 4.69) is 33.1 Å². The van der Waals surface area contributed by atoms with Gasteiger partial charge in [0.15, 0.2) is 11.5 Å². The molecule has 0 aliphatic carbocycles. The first-order chi connectivity index (χ1) is 13.7. The van der Waals surface area contributed by atoms with Crippen LogP contribution in [0.2, 0.25) is 5.02 Å². The molecule has 4 nitrogen and oxygen atoms in total. The summed E-state index contributed by atoms with van der Waals surface area (Å²) in [6.07, 6.45) is 1.76. The van der Waals surface area contributed by atoms with Gasteiger partial charge in [0.05, 0.1) is 22.1 Å². The maximum Gasteiger partial charge on any atom is 0.175 e. The van der Waals surface area contributed by atoms with E-state index in [1.807, 2.05) is 73.7 Å². The van der Waals surface area contributed by atoms with Crippen molar-refractivity contribution in [3.05, 3.63) is 86.4 Å². The fraction of sp³-hybridized carbons (Fsp3) is 0.136. The summed E-state index contributed by atoms with van der Waals surface area (Å²) >= 11 is 8.19. The monoisotopic (exact) mass is 506 g/mol. The van der Waals surface area contributed by atoms with E-state index in [1.54, 1.807) is 6.21 Å². The molecule has 144 valence electrons. The normalized spacial score (nSPS) is 10.8. The third-order valence-electron chi connectivity index (χ3n) is 3.81. The van der Waals surface area contributed by atoms with Crippen molar-refractivity contribution in [2.24, 2.45) is 5.10 Å². The summed E-state index contributed by atoms with van der Waals surface area (Å²) in [5, 5.41) is 5.01. The lowest BCUT2D eigenvalue weighted by molar-refractivity contribution is 0.267. The second-order valence-corrected chi connectivity index (χ2v) is 7.51. The van der Waals surface area contributed by atoms with Crippen molar-refractivity contribution in [3.8, 4) is 11.5 Å². The van der Waals surface area contributed by atoms with Crippen molar-refractivity contribution in [1.82, 2.24) is 0 Å². The third kappa shape index (κ3) is 5.87. The molecule has 3 aromatic carbocycles. The zero-order chi connectivity index (χ0) is 19.8. The molecule has 1 N–H and O–H groups in total. The van der Waals surface area contributed by atoms with Crippen LogP contribution in [0.15, 0.2) is 71.8 Å². The second kappa shape index (κ2) is 10.3. The molecule has 0 bridgehead atoms. The van der Waals surface area contributed by atoms with Crippen LogP contribution in [-0.4, -0.2) is 12.8 Å². The van der Waals surface area contributed by atoms with Crippen LogP contribution < -0.4 is 14.9 Å². The molecule has 3 rings (SSSR count). The van der Waals surface area contributed by atoms with Gasteiger partial charge < -0.3 is 9.47 Å². The Morgan fingerprint density at radius 1 is 1.04 bits per heavy atom. The van der Waals surface area contributed by atoms with Crippen LogP contribution in [0.1, 0.15) is 18.1 Å². The molecule has 0 saturated heterocycles. The topological polar surface area (TPSA) is 42.8 Å². The van der Waals surface area contributed by atoms with E-state index in [0.717, 1.165) is 26.1 Å². The Hall–Kier alpha value is -2.25. The first kappa shape index (κ1) is 20.5. The first-order valence-corrected chi connectivity index (χ1v) is 10.3. The Morgan fingerprint density at radius 2 is 1.79 bits per heavy atom. The zero-order valence-electron chi connectivity index (χ0n) is 15.4. The molecule has 3 aromatic rings. The Labute approximate surface area is 183 Å². The highest BCUT2D eigenvalue weighted by Gasteiger charge is 2.12. The van der Waals surface area contributed by atoms with E-state index < -0.39 is 0 Å². The Morgan fingerprint density at radius 3 is 2.50 bits per heavy atom. The van der Waals surface area contributed by atoms with Crippen LogP contribution >= 0.6 is 34.2 Å². The Balaban J connectivity index is 1.74. The average Bonchev–Trinajstić information content (AvgIpc) is 2.70. The van der Waals surface area contributed by atoms with Gasteiger partial charge in [0.2, 0.25) is 0 Å². The van der Waals surface area contributed by atoms with E-state index in [4.69, 9.17) is 21.1 Å². The molecule has 0 spiro atoms. The maximum absolute atomic E-state index is 6.04. The predicted molar refractivity (Wildman–Crippen MR) is 124 cm³/mol. The summed E-state index contributed by atoms with van der Waals surface area (Å²) in [4.78, 5) is 0. The molecular weight excluding hydrogens is 487 g/mol. The molecule has 0 unspecified atom stereocenters. The molecule has 0 fully saturated rings. The van der Waals surface area contributed by atoms with Gasteiger partial charge in [-0.2, -0.15) is 5.10 Å². The van der Waals surface area contributed by atoms with Gasteiger partial charge in [0, 0.05) is 5.02 Å². The highest BCUT2D eigenvalue weighted by atomic mass is 127. The Bertz CT molecular complexity index is 931. The molecule has 6 heteroatoms.